The van der Waals surface area contributed by atoms with E-state index >= 15 is 0 Å². The molecule has 6 nitrogen and oxygen atoms in total. The Kier molecular flexibility index (Phi) is 5.90. The van der Waals surface area contributed by atoms with Gasteiger partial charge in [0.25, 0.3) is 5.91 Å². The number of ether oxygens (including phenoxy) is 1. The van der Waals surface area contributed by atoms with Crippen molar-refractivity contribution in [3.8, 4) is 0 Å². The average molecular weight is 433 g/mol. The Hall–Kier alpha value is -2.59. The fourth-order valence-electron chi connectivity index (χ4n) is 2.29. The summed E-state index contributed by atoms with van der Waals surface area (Å²) in [5.74, 6) is -1.47. The quantitative estimate of drug-likeness (QED) is 0.722. The summed E-state index contributed by atoms with van der Waals surface area (Å²) in [5, 5.41) is 6.16. The van der Waals surface area contributed by atoms with Crippen molar-refractivity contribution in [3.63, 3.8) is 0 Å². The maximum atomic E-state index is 12.5. The van der Waals surface area contributed by atoms with Gasteiger partial charge in [0.05, 0.1) is 14.8 Å². The minimum absolute atomic E-state index is 0.145. The first-order chi connectivity index (χ1) is 13.2. The monoisotopic (exact) mass is 432 g/mol. The first-order valence-electron chi connectivity index (χ1n) is 7.84. The van der Waals surface area contributed by atoms with E-state index in [1.807, 2.05) is 0 Å². The molecule has 1 aliphatic rings. The number of amides is 1. The van der Waals surface area contributed by atoms with Gasteiger partial charge in [-0.1, -0.05) is 16.8 Å². The number of thiophene rings is 1. The van der Waals surface area contributed by atoms with Gasteiger partial charge in [-0.05, 0) is 36.4 Å². The molecule has 1 aromatic carbocycles. The van der Waals surface area contributed by atoms with Crippen molar-refractivity contribution < 1.29 is 32.3 Å². The molecule has 0 saturated heterocycles. The number of carbonyl (C=O) groups excluding carboxylic acids is 2. The zero-order valence-electron chi connectivity index (χ0n) is 14.0. The molecule has 0 spiro atoms. The molecular weight excluding hydrogens is 421 g/mol. The van der Waals surface area contributed by atoms with Crippen molar-refractivity contribution in [2.24, 2.45) is 5.16 Å². The molecule has 1 aromatic heterocycles. The Bertz CT molecular complexity index is 912. The van der Waals surface area contributed by atoms with E-state index in [-0.39, 0.29) is 12.1 Å². The highest BCUT2D eigenvalue weighted by molar-refractivity contribution is 7.18. The number of anilines is 1. The van der Waals surface area contributed by atoms with Crippen LogP contribution in [0.5, 0.6) is 0 Å². The Morgan fingerprint density at radius 3 is 2.57 bits per heavy atom. The molecule has 3 rings (SSSR count). The number of hydrogen-bond acceptors (Lipinski definition) is 6. The number of benzene rings is 1. The highest BCUT2D eigenvalue weighted by Gasteiger charge is 2.32. The van der Waals surface area contributed by atoms with Crippen LogP contribution in [0.3, 0.4) is 0 Å². The van der Waals surface area contributed by atoms with Gasteiger partial charge in [-0.15, -0.1) is 11.3 Å². The second kappa shape index (κ2) is 8.19. The van der Waals surface area contributed by atoms with Crippen LogP contribution in [0.1, 0.15) is 16.9 Å². The summed E-state index contributed by atoms with van der Waals surface area (Å²) in [5.41, 5.74) is -0.141. The van der Waals surface area contributed by atoms with Crippen LogP contribution < -0.4 is 5.32 Å². The lowest BCUT2D eigenvalue weighted by atomic mass is 10.1. The number of esters is 1. The molecule has 11 heteroatoms. The summed E-state index contributed by atoms with van der Waals surface area (Å²) in [6.45, 7) is -0.611. The Labute approximate surface area is 165 Å². The van der Waals surface area contributed by atoms with E-state index in [0.717, 1.165) is 29.1 Å². The summed E-state index contributed by atoms with van der Waals surface area (Å²) in [6.07, 6.45) is -5.26. The molecule has 2 heterocycles. The standard InChI is InChI=1S/C17H12ClF3N2O4S/c18-14-6-5-13(28-14)11-7-12(27-23-11)16(25)26-8-15(24)22-10-3-1-9(2-4-10)17(19,20)21/h1-6,12H,7-8H2,(H,22,24)/t12-/m1/s1. The smallest absolute Gasteiger partial charge is 0.416 e. The van der Waals surface area contributed by atoms with Crippen LogP contribution in [-0.4, -0.2) is 30.3 Å². The lowest BCUT2D eigenvalue weighted by Crippen LogP contribution is -2.28. The zero-order valence-corrected chi connectivity index (χ0v) is 15.5. The van der Waals surface area contributed by atoms with Crippen LogP contribution >= 0.6 is 22.9 Å². The third-order valence-electron chi connectivity index (χ3n) is 3.63. The van der Waals surface area contributed by atoms with Crippen molar-refractivity contribution in [1.82, 2.24) is 0 Å². The van der Waals surface area contributed by atoms with Crippen LogP contribution in [-0.2, 0) is 25.3 Å². The molecule has 148 valence electrons. The van der Waals surface area contributed by atoms with E-state index in [4.69, 9.17) is 21.2 Å². The van der Waals surface area contributed by atoms with Crippen LogP contribution in [0.15, 0.2) is 41.6 Å². The van der Waals surface area contributed by atoms with E-state index in [1.165, 1.54) is 11.3 Å². The molecule has 1 amide bonds. The fraction of sp³-hybridized carbons (Fsp3) is 0.235. The number of rotatable bonds is 5. The SMILES string of the molecule is O=C(COC(=O)[C@H]1CC(c2ccc(Cl)s2)=NO1)Nc1ccc(C(F)(F)F)cc1. The third kappa shape index (κ3) is 5.02. The zero-order chi connectivity index (χ0) is 20.3. The second-order valence-corrected chi connectivity index (χ2v) is 7.39. The highest BCUT2D eigenvalue weighted by atomic mass is 35.5. The van der Waals surface area contributed by atoms with E-state index in [1.54, 1.807) is 12.1 Å². The second-order valence-electron chi connectivity index (χ2n) is 5.67. The van der Waals surface area contributed by atoms with Crippen LogP contribution in [0, 0.1) is 0 Å². The van der Waals surface area contributed by atoms with Crippen molar-refractivity contribution >= 4 is 46.2 Å². The molecule has 1 atom stereocenters. The van der Waals surface area contributed by atoms with Crippen LogP contribution in [0.4, 0.5) is 18.9 Å². The Morgan fingerprint density at radius 2 is 1.96 bits per heavy atom. The molecule has 1 N–H and O–H groups in total. The van der Waals surface area contributed by atoms with Crippen molar-refractivity contribution in [2.45, 2.75) is 18.7 Å². The Morgan fingerprint density at radius 1 is 1.25 bits per heavy atom. The molecule has 28 heavy (non-hydrogen) atoms. The number of nitrogens with one attached hydrogen (secondary N) is 1. The van der Waals surface area contributed by atoms with Crippen molar-refractivity contribution in [1.29, 1.82) is 0 Å². The van der Waals surface area contributed by atoms with Gasteiger partial charge in [-0.2, -0.15) is 13.2 Å². The number of nitrogens with zero attached hydrogens (tertiary/aromatic N) is 1. The van der Waals surface area contributed by atoms with Gasteiger partial charge in [-0.3, -0.25) is 4.79 Å². The number of hydrogen-bond donors (Lipinski definition) is 1. The summed E-state index contributed by atoms with van der Waals surface area (Å²) in [6, 6.07) is 7.33. The summed E-state index contributed by atoms with van der Waals surface area (Å²) >= 11 is 7.14. The molecule has 0 radical (unpaired) electrons. The third-order valence-corrected chi connectivity index (χ3v) is 4.91. The van der Waals surface area contributed by atoms with Crippen molar-refractivity contribution in [2.75, 3.05) is 11.9 Å². The first kappa shape index (κ1) is 20.2. The van der Waals surface area contributed by atoms with Gasteiger partial charge < -0.3 is 14.9 Å². The maximum absolute atomic E-state index is 12.5. The first-order valence-corrected chi connectivity index (χ1v) is 9.04. The summed E-state index contributed by atoms with van der Waals surface area (Å²) in [4.78, 5) is 29.6. The molecule has 2 aromatic rings. The predicted octanol–water partition coefficient (Wildman–Crippen LogP) is 4.10. The minimum atomic E-state index is -4.46. The number of oxime groups is 1. The van der Waals surface area contributed by atoms with Crippen LogP contribution in [0.2, 0.25) is 4.34 Å². The van der Waals surface area contributed by atoms with E-state index in [2.05, 4.69) is 10.5 Å². The Balaban J connectivity index is 1.45. The predicted molar refractivity (Wildman–Crippen MR) is 96.4 cm³/mol. The minimum Gasteiger partial charge on any atom is -0.453 e. The van der Waals surface area contributed by atoms with Crippen molar-refractivity contribution in [3.05, 3.63) is 51.2 Å². The van der Waals surface area contributed by atoms with Gasteiger partial charge in [0.1, 0.15) is 5.71 Å². The van der Waals surface area contributed by atoms with Gasteiger partial charge in [0, 0.05) is 12.1 Å². The van der Waals surface area contributed by atoms with Gasteiger partial charge >= 0.3 is 12.1 Å². The van der Waals surface area contributed by atoms with E-state index < -0.39 is 36.3 Å². The summed E-state index contributed by atoms with van der Waals surface area (Å²) in [7, 11) is 0. The van der Waals surface area contributed by atoms with Crippen LogP contribution in [0.25, 0.3) is 0 Å². The maximum Gasteiger partial charge on any atom is 0.416 e. The van der Waals surface area contributed by atoms with Gasteiger partial charge in [0.2, 0.25) is 6.10 Å². The molecule has 0 fully saturated rings. The van der Waals surface area contributed by atoms with Gasteiger partial charge in [-0.25, -0.2) is 4.79 Å². The number of carbonyl (C=O) groups is 2. The highest BCUT2D eigenvalue weighted by Crippen LogP contribution is 2.30. The molecule has 0 saturated carbocycles. The molecule has 0 bridgehead atoms. The van der Waals surface area contributed by atoms with E-state index in [0.29, 0.717) is 10.0 Å². The topological polar surface area (TPSA) is 77.0 Å². The molecule has 0 unspecified atom stereocenters. The lowest BCUT2D eigenvalue weighted by Gasteiger charge is -2.10. The average Bonchev–Trinajstić information content (AvgIpc) is 3.28. The largest absolute Gasteiger partial charge is 0.453 e. The normalized spacial score (nSPS) is 16.3. The van der Waals surface area contributed by atoms with Gasteiger partial charge in [0.15, 0.2) is 6.61 Å². The molecular formula is C17H12ClF3N2O4S. The van der Waals surface area contributed by atoms with E-state index in [9.17, 15) is 22.8 Å². The summed E-state index contributed by atoms with van der Waals surface area (Å²) < 4.78 is 43.0. The lowest BCUT2D eigenvalue weighted by molar-refractivity contribution is -0.157. The number of halogens is 4. The fourth-order valence-corrected chi connectivity index (χ4v) is 3.32. The molecule has 1 aliphatic heterocycles. The number of alkyl halides is 3. The molecule has 0 aliphatic carbocycles.